The fourth-order valence-electron chi connectivity index (χ4n) is 0.996. The van der Waals surface area contributed by atoms with E-state index < -0.39 is 0 Å². The van der Waals surface area contributed by atoms with Gasteiger partial charge in [-0.1, -0.05) is 0 Å². The average molecular weight is 236 g/mol. The fourth-order valence-corrected chi connectivity index (χ4v) is 1.48. The molecule has 2 N–H and O–H groups in total. The molecule has 0 saturated carbocycles. The van der Waals surface area contributed by atoms with Gasteiger partial charge in [-0.2, -0.15) is 10.5 Å². The third kappa shape index (κ3) is 1.80. The minimum absolute atomic E-state index is 0.189. The Hall–Kier alpha value is -1.52. The first kappa shape index (κ1) is 9.57. The highest BCUT2D eigenvalue weighted by Gasteiger charge is 2.08. The molecule has 64 valence electrons. The predicted octanol–water partition coefficient (Wildman–Crippen LogP) is 1.97. The standard InChI is InChI=1S/C9H6BrN3/c10-9-7(3-4-11)6(5-12)1-2-8(9)13/h1-2H,3,13H2. The van der Waals surface area contributed by atoms with Crippen LogP contribution < -0.4 is 5.73 Å². The number of halogens is 1. The number of nitrogen functional groups attached to an aromatic ring is 1. The van der Waals surface area contributed by atoms with Gasteiger partial charge in [0.2, 0.25) is 0 Å². The summed E-state index contributed by atoms with van der Waals surface area (Å²) in [5.74, 6) is 0. The Bertz CT molecular complexity index is 412. The van der Waals surface area contributed by atoms with Gasteiger partial charge in [0.25, 0.3) is 0 Å². The molecular weight excluding hydrogens is 230 g/mol. The second kappa shape index (κ2) is 3.93. The second-order valence-corrected chi connectivity index (χ2v) is 3.23. The largest absolute Gasteiger partial charge is 0.398 e. The number of hydrogen-bond acceptors (Lipinski definition) is 3. The van der Waals surface area contributed by atoms with E-state index in [1.165, 1.54) is 0 Å². The summed E-state index contributed by atoms with van der Waals surface area (Å²) in [5, 5.41) is 17.3. The minimum atomic E-state index is 0.189. The number of anilines is 1. The van der Waals surface area contributed by atoms with Gasteiger partial charge in [0, 0.05) is 15.7 Å². The molecule has 0 aliphatic heterocycles. The molecule has 0 fully saturated rings. The molecule has 1 aromatic carbocycles. The van der Waals surface area contributed by atoms with Crippen LogP contribution in [-0.2, 0) is 6.42 Å². The molecule has 1 aromatic rings. The number of hydrogen-bond donors (Lipinski definition) is 1. The van der Waals surface area contributed by atoms with Gasteiger partial charge in [0.05, 0.1) is 24.1 Å². The molecular formula is C9H6BrN3. The maximum absolute atomic E-state index is 8.74. The minimum Gasteiger partial charge on any atom is -0.398 e. The van der Waals surface area contributed by atoms with E-state index in [1.807, 2.05) is 12.1 Å². The maximum Gasteiger partial charge on any atom is 0.0995 e. The van der Waals surface area contributed by atoms with Gasteiger partial charge in [-0.25, -0.2) is 0 Å². The molecule has 0 spiro atoms. The van der Waals surface area contributed by atoms with Gasteiger partial charge in [0.15, 0.2) is 0 Å². The highest BCUT2D eigenvalue weighted by molar-refractivity contribution is 9.10. The van der Waals surface area contributed by atoms with Crippen molar-refractivity contribution in [3.63, 3.8) is 0 Å². The Kier molecular flexibility index (Phi) is 2.89. The van der Waals surface area contributed by atoms with Crippen LogP contribution in [0.4, 0.5) is 5.69 Å². The molecule has 0 bridgehead atoms. The van der Waals surface area contributed by atoms with Gasteiger partial charge < -0.3 is 5.73 Å². The highest BCUT2D eigenvalue weighted by atomic mass is 79.9. The van der Waals surface area contributed by atoms with Crippen molar-refractivity contribution in [1.82, 2.24) is 0 Å². The van der Waals surface area contributed by atoms with Crippen LogP contribution >= 0.6 is 15.9 Å². The lowest BCUT2D eigenvalue weighted by molar-refractivity contribution is 1.23. The van der Waals surface area contributed by atoms with Crippen LogP contribution in [0.2, 0.25) is 0 Å². The van der Waals surface area contributed by atoms with E-state index in [0.717, 1.165) is 0 Å². The van der Waals surface area contributed by atoms with Crippen molar-refractivity contribution in [1.29, 1.82) is 10.5 Å². The smallest absolute Gasteiger partial charge is 0.0995 e. The monoisotopic (exact) mass is 235 g/mol. The fraction of sp³-hybridized carbons (Fsp3) is 0.111. The van der Waals surface area contributed by atoms with E-state index in [1.54, 1.807) is 12.1 Å². The summed E-state index contributed by atoms with van der Waals surface area (Å²) in [4.78, 5) is 0. The topological polar surface area (TPSA) is 73.6 Å². The van der Waals surface area contributed by atoms with Crippen LogP contribution in [0.1, 0.15) is 11.1 Å². The van der Waals surface area contributed by atoms with Crippen molar-refractivity contribution >= 4 is 21.6 Å². The summed E-state index contributed by atoms with van der Waals surface area (Å²) in [7, 11) is 0. The van der Waals surface area contributed by atoms with Crippen molar-refractivity contribution < 1.29 is 0 Å². The lowest BCUT2D eigenvalue weighted by atomic mass is 10.1. The highest BCUT2D eigenvalue weighted by Crippen LogP contribution is 2.27. The Morgan fingerprint density at radius 1 is 1.38 bits per heavy atom. The second-order valence-electron chi connectivity index (χ2n) is 2.44. The summed E-state index contributed by atoms with van der Waals surface area (Å²) < 4.78 is 0.646. The first-order valence-corrected chi connectivity index (χ1v) is 4.34. The lowest BCUT2D eigenvalue weighted by Crippen LogP contribution is -1.95. The number of rotatable bonds is 1. The molecule has 0 heterocycles. The number of nitriles is 2. The molecule has 1 rings (SSSR count). The van der Waals surface area contributed by atoms with E-state index >= 15 is 0 Å². The Morgan fingerprint density at radius 2 is 2.08 bits per heavy atom. The van der Waals surface area contributed by atoms with Crippen molar-refractivity contribution in [2.24, 2.45) is 0 Å². The molecule has 0 aliphatic rings. The molecule has 3 nitrogen and oxygen atoms in total. The van der Waals surface area contributed by atoms with E-state index in [9.17, 15) is 0 Å². The predicted molar refractivity (Wildman–Crippen MR) is 52.6 cm³/mol. The summed E-state index contributed by atoms with van der Waals surface area (Å²) in [6, 6.07) is 7.26. The summed E-state index contributed by atoms with van der Waals surface area (Å²) in [6.45, 7) is 0. The van der Waals surface area contributed by atoms with E-state index in [4.69, 9.17) is 16.3 Å². The van der Waals surface area contributed by atoms with Crippen LogP contribution in [-0.4, -0.2) is 0 Å². The zero-order valence-corrected chi connectivity index (χ0v) is 8.30. The van der Waals surface area contributed by atoms with E-state index in [-0.39, 0.29) is 6.42 Å². The SMILES string of the molecule is N#CCc1c(C#N)ccc(N)c1Br. The first-order valence-electron chi connectivity index (χ1n) is 3.54. The van der Waals surface area contributed by atoms with Crippen molar-refractivity contribution in [3.05, 3.63) is 27.7 Å². The van der Waals surface area contributed by atoms with Gasteiger partial charge >= 0.3 is 0 Å². The molecule has 0 radical (unpaired) electrons. The van der Waals surface area contributed by atoms with Gasteiger partial charge in [0.1, 0.15) is 0 Å². The molecule has 0 atom stereocenters. The summed E-state index contributed by atoms with van der Waals surface area (Å²) in [6.07, 6.45) is 0.189. The molecule has 0 aromatic heterocycles. The van der Waals surface area contributed by atoms with Crippen LogP contribution in [0.5, 0.6) is 0 Å². The normalized spacial score (nSPS) is 8.85. The van der Waals surface area contributed by atoms with E-state index in [0.29, 0.717) is 21.3 Å². The molecule has 0 unspecified atom stereocenters. The lowest BCUT2D eigenvalue weighted by Gasteiger charge is -2.04. The zero-order valence-electron chi connectivity index (χ0n) is 6.71. The Labute approximate surface area is 84.5 Å². The third-order valence-corrected chi connectivity index (χ3v) is 2.59. The maximum atomic E-state index is 8.74. The first-order chi connectivity index (χ1) is 6.20. The molecule has 0 aliphatic carbocycles. The summed E-state index contributed by atoms with van der Waals surface area (Å²) >= 11 is 3.25. The quantitative estimate of drug-likeness (QED) is 0.757. The summed E-state index contributed by atoms with van der Waals surface area (Å²) in [5.41, 5.74) is 7.30. The van der Waals surface area contributed by atoms with Crippen LogP contribution in [0.25, 0.3) is 0 Å². The zero-order chi connectivity index (χ0) is 9.84. The Morgan fingerprint density at radius 3 is 2.62 bits per heavy atom. The van der Waals surface area contributed by atoms with Crippen LogP contribution in [0, 0.1) is 22.7 Å². The van der Waals surface area contributed by atoms with Crippen molar-refractivity contribution in [3.8, 4) is 12.1 Å². The van der Waals surface area contributed by atoms with Crippen molar-refractivity contribution in [2.45, 2.75) is 6.42 Å². The van der Waals surface area contributed by atoms with Gasteiger partial charge in [-0.05, 0) is 28.1 Å². The third-order valence-electron chi connectivity index (χ3n) is 1.65. The number of nitrogens with zero attached hydrogens (tertiary/aromatic N) is 2. The molecule has 0 amide bonds. The Balaban J connectivity index is 3.36. The van der Waals surface area contributed by atoms with Gasteiger partial charge in [-0.3, -0.25) is 0 Å². The molecule has 0 saturated heterocycles. The van der Waals surface area contributed by atoms with Gasteiger partial charge in [-0.15, -0.1) is 0 Å². The van der Waals surface area contributed by atoms with E-state index in [2.05, 4.69) is 15.9 Å². The average Bonchev–Trinajstić information content (AvgIpc) is 2.14. The molecule has 4 heteroatoms. The van der Waals surface area contributed by atoms with Crippen LogP contribution in [0.3, 0.4) is 0 Å². The number of nitrogens with two attached hydrogens (primary N) is 1. The molecule has 13 heavy (non-hydrogen) atoms. The van der Waals surface area contributed by atoms with Crippen LogP contribution in [0.15, 0.2) is 16.6 Å². The number of benzene rings is 1. The van der Waals surface area contributed by atoms with Crippen molar-refractivity contribution in [2.75, 3.05) is 5.73 Å².